The van der Waals surface area contributed by atoms with E-state index in [1.807, 2.05) is 6.92 Å². The molecule has 0 aromatic carbocycles. The van der Waals surface area contributed by atoms with E-state index in [1.165, 1.54) is 32.1 Å². The lowest BCUT2D eigenvalue weighted by Gasteiger charge is -2.60. The highest BCUT2D eigenvalue weighted by Crippen LogP contribution is 2.68. The van der Waals surface area contributed by atoms with Gasteiger partial charge >= 0.3 is 23.9 Å². The number of hydrogen-bond donors (Lipinski definition) is 0. The molecule has 240 valence electrons. The fourth-order valence-electron chi connectivity index (χ4n) is 14.5. The van der Waals surface area contributed by atoms with Gasteiger partial charge in [0, 0.05) is 5.92 Å². The van der Waals surface area contributed by atoms with Gasteiger partial charge in [0.25, 0.3) is 0 Å². The molecule has 8 bridgehead atoms. The van der Waals surface area contributed by atoms with Crippen molar-refractivity contribution >= 4 is 23.9 Å². The molecule has 2 aliphatic heterocycles. The third-order valence-electron chi connectivity index (χ3n) is 16.3. The topological polar surface area (TPSA) is 96.0 Å². The van der Waals surface area contributed by atoms with Crippen LogP contribution in [0.1, 0.15) is 91.9 Å². The molecule has 0 N–H and O–H groups in total. The lowest BCUT2D eigenvalue weighted by atomic mass is 9.50. The Morgan fingerprint density at radius 2 is 1.52 bits per heavy atom. The highest BCUT2D eigenvalue weighted by atomic mass is 16.6. The third-order valence-corrected chi connectivity index (χ3v) is 16.3. The zero-order chi connectivity index (χ0) is 30.4. The van der Waals surface area contributed by atoms with Crippen molar-refractivity contribution in [3.63, 3.8) is 0 Å². The van der Waals surface area contributed by atoms with Gasteiger partial charge < -0.3 is 14.2 Å². The number of hydrogen-bond acceptors (Lipinski definition) is 7. The first-order valence-corrected chi connectivity index (χ1v) is 18.1. The Bertz CT molecular complexity index is 1280. The van der Waals surface area contributed by atoms with Crippen LogP contribution in [0.15, 0.2) is 0 Å². The van der Waals surface area contributed by atoms with Gasteiger partial charge in [0.1, 0.15) is 5.60 Å². The van der Waals surface area contributed by atoms with Crippen molar-refractivity contribution in [2.75, 3.05) is 6.61 Å². The van der Waals surface area contributed by atoms with E-state index in [-0.39, 0.29) is 41.6 Å². The lowest BCUT2D eigenvalue weighted by Crippen LogP contribution is -2.60. The van der Waals surface area contributed by atoms with Gasteiger partial charge in [0.15, 0.2) is 0 Å². The molecular formula is C37H50O7. The molecule has 8 saturated carbocycles. The Labute approximate surface area is 261 Å². The van der Waals surface area contributed by atoms with Crippen LogP contribution in [0.4, 0.5) is 0 Å². The summed E-state index contributed by atoms with van der Waals surface area (Å²) in [5, 5.41) is 0. The van der Waals surface area contributed by atoms with Crippen molar-refractivity contribution in [1.82, 2.24) is 0 Å². The second kappa shape index (κ2) is 9.33. The maximum atomic E-state index is 15.2. The maximum Gasteiger partial charge on any atom is 0.317 e. The molecule has 2 saturated heterocycles. The van der Waals surface area contributed by atoms with Crippen molar-refractivity contribution in [3.8, 4) is 0 Å². The van der Waals surface area contributed by atoms with Crippen LogP contribution in [-0.4, -0.2) is 36.1 Å². The van der Waals surface area contributed by atoms with Crippen LogP contribution in [0.25, 0.3) is 0 Å². The average molecular weight is 607 g/mol. The van der Waals surface area contributed by atoms with Gasteiger partial charge in [-0.05, 0) is 149 Å². The minimum Gasteiger partial charge on any atom is -0.465 e. The van der Waals surface area contributed by atoms with Crippen LogP contribution in [0.2, 0.25) is 0 Å². The number of rotatable bonds is 6. The Morgan fingerprint density at radius 1 is 0.841 bits per heavy atom. The summed E-state index contributed by atoms with van der Waals surface area (Å²) in [6.07, 6.45) is 11.0. The molecule has 10 rings (SSSR count). The van der Waals surface area contributed by atoms with Gasteiger partial charge in [-0.1, -0.05) is 13.8 Å². The molecular weight excluding hydrogens is 556 g/mol. The molecule has 44 heavy (non-hydrogen) atoms. The van der Waals surface area contributed by atoms with E-state index in [1.54, 1.807) is 0 Å². The third kappa shape index (κ3) is 3.62. The summed E-state index contributed by atoms with van der Waals surface area (Å²) >= 11 is 0. The lowest BCUT2D eigenvalue weighted by molar-refractivity contribution is -0.218. The summed E-state index contributed by atoms with van der Waals surface area (Å²) < 4.78 is 17.8. The van der Waals surface area contributed by atoms with E-state index in [4.69, 9.17) is 14.2 Å². The average Bonchev–Trinajstić information content (AvgIpc) is 3.81. The van der Waals surface area contributed by atoms with Crippen molar-refractivity contribution in [3.05, 3.63) is 0 Å². The fourth-order valence-corrected chi connectivity index (χ4v) is 14.5. The van der Waals surface area contributed by atoms with Gasteiger partial charge in [0.05, 0.1) is 29.8 Å². The number of carbonyl (C=O) groups is 4. The summed E-state index contributed by atoms with van der Waals surface area (Å²) in [6.45, 7) is 9.10. The Kier molecular flexibility index (Phi) is 6.01. The van der Waals surface area contributed by atoms with Gasteiger partial charge in [-0.25, -0.2) is 0 Å². The van der Waals surface area contributed by atoms with Crippen molar-refractivity contribution < 1.29 is 33.4 Å². The minimum absolute atomic E-state index is 0.0105. The summed E-state index contributed by atoms with van der Waals surface area (Å²) in [5.74, 6) is 2.92. The minimum atomic E-state index is -0.768. The van der Waals surface area contributed by atoms with Crippen LogP contribution in [0, 0.1) is 100 Å². The van der Waals surface area contributed by atoms with Crippen molar-refractivity contribution in [1.29, 1.82) is 0 Å². The second-order valence-corrected chi connectivity index (χ2v) is 17.9. The standard InChI is InChI=1S/C37H50O7/c1-16-24-13-25(27-15-42-33(39)30(24)27)26(16)14-36(3,35(41)44-37(4)22-8-18-7-19(10-22)11-23(37)9-18)31-21-6-5-20(12-21)29(31)28-17(2)32(38)43-34(28)40/h16-31H,5-15H2,1-4H3. The maximum absolute atomic E-state index is 15.2. The second-order valence-electron chi connectivity index (χ2n) is 17.9. The summed E-state index contributed by atoms with van der Waals surface area (Å²) in [6, 6.07) is 0. The van der Waals surface area contributed by atoms with Crippen LogP contribution >= 0.6 is 0 Å². The highest BCUT2D eigenvalue weighted by molar-refractivity contribution is 5.96. The number of carbonyl (C=O) groups excluding carboxylic acids is 4. The van der Waals surface area contributed by atoms with E-state index in [0.29, 0.717) is 54.0 Å². The van der Waals surface area contributed by atoms with Crippen LogP contribution in [0.5, 0.6) is 0 Å². The molecule has 7 heteroatoms. The van der Waals surface area contributed by atoms with Gasteiger partial charge in [-0.15, -0.1) is 0 Å². The summed E-state index contributed by atoms with van der Waals surface area (Å²) in [5.41, 5.74) is -1.19. The van der Waals surface area contributed by atoms with Gasteiger partial charge in [0.2, 0.25) is 0 Å². The molecule has 0 radical (unpaired) electrons. The SMILES string of the molecule is CC1C(=O)OC(=O)C1C1C2CCC(C2)C1C(C)(CC1C(C)C2CC1C1COC(=O)C21)C(=O)OC1(C)C2CC3CC(C2)CC1C3. The molecule has 13 atom stereocenters. The molecule has 7 nitrogen and oxygen atoms in total. The van der Waals surface area contributed by atoms with Gasteiger partial charge in [-0.3, -0.25) is 19.2 Å². The van der Waals surface area contributed by atoms with E-state index in [0.717, 1.165) is 43.9 Å². The molecule has 0 aromatic rings. The highest BCUT2D eigenvalue weighted by Gasteiger charge is 2.68. The van der Waals surface area contributed by atoms with Crippen molar-refractivity contribution in [2.24, 2.45) is 100 Å². The number of cyclic esters (lactones) is 3. The molecule has 10 fully saturated rings. The van der Waals surface area contributed by atoms with E-state index in [9.17, 15) is 14.4 Å². The molecule has 0 amide bonds. The first-order valence-electron chi connectivity index (χ1n) is 18.1. The smallest absolute Gasteiger partial charge is 0.317 e. The zero-order valence-electron chi connectivity index (χ0n) is 26.9. The van der Waals surface area contributed by atoms with Crippen molar-refractivity contribution in [2.45, 2.75) is 97.5 Å². The van der Waals surface area contributed by atoms with Gasteiger partial charge in [-0.2, -0.15) is 0 Å². The van der Waals surface area contributed by atoms with E-state index >= 15 is 4.79 Å². The van der Waals surface area contributed by atoms with E-state index < -0.39 is 28.8 Å². The molecule has 8 aliphatic carbocycles. The monoisotopic (exact) mass is 606 g/mol. The predicted molar refractivity (Wildman–Crippen MR) is 158 cm³/mol. The quantitative estimate of drug-likeness (QED) is 0.213. The summed E-state index contributed by atoms with van der Waals surface area (Å²) in [4.78, 5) is 53.8. The van der Waals surface area contributed by atoms with E-state index in [2.05, 4.69) is 20.8 Å². The molecule has 0 spiro atoms. The van der Waals surface area contributed by atoms with Crippen LogP contribution < -0.4 is 0 Å². The Hall–Kier alpha value is -1.92. The normalized spacial score (nSPS) is 55.8. The first-order chi connectivity index (χ1) is 21.0. The predicted octanol–water partition coefficient (Wildman–Crippen LogP) is 5.83. The number of fused-ring (bicyclic) bond motifs is 7. The Balaban J connectivity index is 1.09. The molecule has 0 aromatic heterocycles. The molecule has 2 heterocycles. The largest absolute Gasteiger partial charge is 0.465 e. The molecule has 13 unspecified atom stereocenters. The molecule has 10 aliphatic rings. The summed E-state index contributed by atoms with van der Waals surface area (Å²) in [7, 11) is 0. The Morgan fingerprint density at radius 3 is 2.18 bits per heavy atom. The van der Waals surface area contributed by atoms with Crippen LogP contribution in [-0.2, 0) is 33.4 Å². The first kappa shape index (κ1) is 28.3. The number of esters is 4. The zero-order valence-corrected chi connectivity index (χ0v) is 26.9. The number of ether oxygens (including phenoxy) is 3. The van der Waals surface area contributed by atoms with Crippen LogP contribution in [0.3, 0.4) is 0 Å². The fraction of sp³-hybridized carbons (Fsp3) is 0.892.